The molecule has 7 atom stereocenters. The quantitative estimate of drug-likeness (QED) is 0.143. The summed E-state index contributed by atoms with van der Waals surface area (Å²) < 4.78 is 5.17. The molecule has 0 aromatic carbocycles. The highest BCUT2D eigenvalue weighted by Gasteiger charge is 2.64. The summed E-state index contributed by atoms with van der Waals surface area (Å²) >= 11 is 0. The van der Waals surface area contributed by atoms with Gasteiger partial charge in [0.15, 0.2) is 11.4 Å². The zero-order chi connectivity index (χ0) is 23.4. The van der Waals surface area contributed by atoms with Crippen LogP contribution in [0.3, 0.4) is 0 Å². The molecule has 15 heteroatoms. The number of amides is 1. The molecule has 15 nitrogen and oxygen atoms in total. The maximum absolute atomic E-state index is 11.9. The molecule has 1 saturated heterocycles. The molecule has 1 unspecified atom stereocenters. The zero-order valence-corrected chi connectivity index (χ0v) is 15.8. The first-order valence-electron chi connectivity index (χ1n) is 8.55. The third-order valence-electron chi connectivity index (χ3n) is 4.71. The van der Waals surface area contributed by atoms with Crippen LogP contribution in [0.1, 0.15) is 13.3 Å². The van der Waals surface area contributed by atoms with Gasteiger partial charge in [-0.3, -0.25) is 19.7 Å². The van der Waals surface area contributed by atoms with E-state index in [1.54, 1.807) is 0 Å². The van der Waals surface area contributed by atoms with Crippen LogP contribution in [0.25, 0.3) is 0 Å². The average Bonchev–Trinajstić information content (AvgIpc) is 2.63. The Kier molecular flexibility index (Phi) is 8.21. The Balaban J connectivity index is 3.65. The molecule has 0 bridgehead atoms. The SMILES string of the molecule is CC(=O)N[C@@H]1[C@@H](O)[C@H](O)[C@@H](CO)O[C@]1(O)C(CC(=O)O)[C@](N)(NCC(=O)O)C(=O)O. The van der Waals surface area contributed by atoms with Gasteiger partial charge in [-0.25, -0.2) is 4.79 Å². The van der Waals surface area contributed by atoms with Gasteiger partial charge in [-0.05, 0) is 0 Å². The number of hydrogen-bond acceptors (Lipinski definition) is 11. The summed E-state index contributed by atoms with van der Waals surface area (Å²) in [6, 6.07) is -2.01. The highest BCUT2D eigenvalue weighted by molar-refractivity contribution is 5.81. The van der Waals surface area contributed by atoms with Crippen LogP contribution in [-0.4, -0.2) is 109 Å². The predicted molar refractivity (Wildman–Crippen MR) is 92.5 cm³/mol. The van der Waals surface area contributed by atoms with E-state index in [0.29, 0.717) is 0 Å². The van der Waals surface area contributed by atoms with Gasteiger partial charge in [-0.15, -0.1) is 0 Å². The smallest absolute Gasteiger partial charge is 0.339 e. The lowest BCUT2D eigenvalue weighted by molar-refractivity contribution is -0.346. The highest BCUT2D eigenvalue weighted by Crippen LogP contribution is 2.39. The van der Waals surface area contributed by atoms with Crippen molar-refractivity contribution in [3.05, 3.63) is 0 Å². The maximum Gasteiger partial charge on any atom is 0.339 e. The minimum absolute atomic E-state index is 0.888. The number of ether oxygens (including phenoxy) is 1. The number of aliphatic carboxylic acids is 3. The zero-order valence-electron chi connectivity index (χ0n) is 15.8. The lowest BCUT2D eigenvalue weighted by Gasteiger charge is -2.53. The Morgan fingerprint density at radius 1 is 1.13 bits per heavy atom. The molecular formula is C15H25N3O12. The Morgan fingerprint density at radius 2 is 1.70 bits per heavy atom. The van der Waals surface area contributed by atoms with E-state index in [0.717, 1.165) is 6.92 Å². The van der Waals surface area contributed by atoms with Crippen LogP contribution in [-0.2, 0) is 23.9 Å². The van der Waals surface area contributed by atoms with E-state index in [4.69, 9.17) is 15.6 Å². The average molecular weight is 439 g/mol. The molecule has 11 N–H and O–H groups in total. The van der Waals surface area contributed by atoms with Crippen LogP contribution in [0.15, 0.2) is 0 Å². The summed E-state index contributed by atoms with van der Waals surface area (Å²) in [7, 11) is 0. The van der Waals surface area contributed by atoms with E-state index < -0.39 is 85.1 Å². The molecule has 0 aromatic rings. The number of rotatable bonds is 10. The van der Waals surface area contributed by atoms with Gasteiger partial charge >= 0.3 is 17.9 Å². The molecule has 1 aliphatic heterocycles. The number of carbonyl (C=O) groups excluding carboxylic acids is 1. The first kappa shape index (κ1) is 25.6. The van der Waals surface area contributed by atoms with Gasteiger partial charge < -0.3 is 51.5 Å². The third-order valence-corrected chi connectivity index (χ3v) is 4.71. The van der Waals surface area contributed by atoms with Gasteiger partial charge in [0.05, 0.1) is 25.5 Å². The number of hydrogen-bond donors (Lipinski definition) is 10. The summed E-state index contributed by atoms with van der Waals surface area (Å²) in [5.74, 6) is -11.5. The lowest BCUT2D eigenvalue weighted by Crippen LogP contribution is -2.79. The summed E-state index contributed by atoms with van der Waals surface area (Å²) in [5, 5.41) is 72.6. The van der Waals surface area contributed by atoms with Crippen molar-refractivity contribution in [1.82, 2.24) is 10.6 Å². The molecule has 0 spiro atoms. The molecule has 0 aliphatic carbocycles. The summed E-state index contributed by atoms with van der Waals surface area (Å²) in [4.78, 5) is 45.8. The normalized spacial score (nSPS) is 31.9. The molecule has 0 saturated carbocycles. The third kappa shape index (κ3) is 5.20. The molecule has 1 amide bonds. The molecular weight excluding hydrogens is 414 g/mol. The lowest BCUT2D eigenvalue weighted by atomic mass is 9.74. The van der Waals surface area contributed by atoms with E-state index in [2.05, 4.69) is 0 Å². The van der Waals surface area contributed by atoms with Crippen molar-refractivity contribution in [2.75, 3.05) is 13.2 Å². The largest absolute Gasteiger partial charge is 0.481 e. The van der Waals surface area contributed by atoms with Crippen molar-refractivity contribution in [3.63, 3.8) is 0 Å². The van der Waals surface area contributed by atoms with Crippen LogP contribution < -0.4 is 16.4 Å². The fourth-order valence-electron chi connectivity index (χ4n) is 3.28. The molecule has 1 heterocycles. The van der Waals surface area contributed by atoms with Crippen molar-refractivity contribution in [1.29, 1.82) is 0 Å². The van der Waals surface area contributed by atoms with E-state index in [1.807, 2.05) is 10.6 Å². The van der Waals surface area contributed by atoms with E-state index in [1.165, 1.54) is 0 Å². The number of carboxylic acid groups (broad SMARTS) is 3. The molecule has 1 aliphatic rings. The summed E-state index contributed by atoms with van der Waals surface area (Å²) in [6.45, 7) is -1.13. The van der Waals surface area contributed by atoms with Crippen LogP contribution in [0.2, 0.25) is 0 Å². The Morgan fingerprint density at radius 3 is 2.10 bits per heavy atom. The van der Waals surface area contributed by atoms with Gasteiger partial charge in [0.1, 0.15) is 24.4 Å². The van der Waals surface area contributed by atoms with Gasteiger partial charge in [-0.1, -0.05) is 0 Å². The van der Waals surface area contributed by atoms with Crippen LogP contribution in [0.5, 0.6) is 0 Å². The Labute approximate surface area is 169 Å². The van der Waals surface area contributed by atoms with Crippen molar-refractivity contribution in [2.45, 2.75) is 49.1 Å². The van der Waals surface area contributed by atoms with Crippen LogP contribution >= 0.6 is 0 Å². The van der Waals surface area contributed by atoms with Gasteiger partial charge in [0.2, 0.25) is 5.91 Å². The number of carbonyl (C=O) groups is 4. The summed E-state index contributed by atoms with van der Waals surface area (Å²) in [5.41, 5.74) is 2.79. The Bertz CT molecular complexity index is 690. The highest BCUT2D eigenvalue weighted by atomic mass is 16.7. The van der Waals surface area contributed by atoms with Gasteiger partial charge in [-0.2, -0.15) is 0 Å². The number of aliphatic hydroxyl groups is 4. The molecule has 0 radical (unpaired) electrons. The van der Waals surface area contributed by atoms with E-state index in [9.17, 15) is 49.8 Å². The Hall–Kier alpha value is -2.40. The van der Waals surface area contributed by atoms with Crippen LogP contribution in [0.4, 0.5) is 0 Å². The maximum atomic E-state index is 11.9. The minimum Gasteiger partial charge on any atom is -0.481 e. The number of nitrogens with one attached hydrogen (secondary N) is 2. The first-order valence-corrected chi connectivity index (χ1v) is 8.55. The van der Waals surface area contributed by atoms with Crippen molar-refractivity contribution >= 4 is 23.8 Å². The molecule has 0 aromatic heterocycles. The van der Waals surface area contributed by atoms with Crippen molar-refractivity contribution in [3.8, 4) is 0 Å². The van der Waals surface area contributed by atoms with E-state index in [-0.39, 0.29) is 0 Å². The standard InChI is InChI=1S/C15H25N3O12/c1-5(20)18-12-11(26)10(25)6(4-19)30-15(12,29)7(2-8(21)22)14(16,13(27)28)17-3-9(23)24/h6-7,10-12,17,19,25-26,29H,2-4,16H2,1H3,(H,18,20)(H,21,22)(H,23,24)(H,27,28)/t6-,7?,10-,11+,12-,14+,15-/m1/s1. The van der Waals surface area contributed by atoms with Gasteiger partial charge in [0.25, 0.3) is 0 Å². The first-order chi connectivity index (χ1) is 13.7. The van der Waals surface area contributed by atoms with E-state index >= 15 is 0 Å². The molecule has 172 valence electrons. The second-order valence-electron chi connectivity index (χ2n) is 6.82. The predicted octanol–water partition coefficient (Wildman–Crippen LogP) is -5.20. The van der Waals surface area contributed by atoms with Crippen molar-refractivity contribution < 1.29 is 59.7 Å². The second kappa shape index (κ2) is 9.61. The fourth-order valence-corrected chi connectivity index (χ4v) is 3.28. The minimum atomic E-state index is -3.09. The second-order valence-corrected chi connectivity index (χ2v) is 6.82. The van der Waals surface area contributed by atoms with Crippen molar-refractivity contribution in [2.24, 2.45) is 11.7 Å². The van der Waals surface area contributed by atoms with Gasteiger partial charge in [0, 0.05) is 6.92 Å². The fraction of sp³-hybridized carbons (Fsp3) is 0.733. The summed E-state index contributed by atoms with van der Waals surface area (Å²) in [6.07, 6.45) is -6.91. The topological polar surface area (TPSA) is 269 Å². The molecule has 1 rings (SSSR count). The monoisotopic (exact) mass is 439 g/mol. The number of nitrogens with two attached hydrogens (primary N) is 1. The molecule has 30 heavy (non-hydrogen) atoms. The molecule has 1 fully saturated rings. The number of carboxylic acids is 3. The number of aliphatic hydroxyl groups excluding tert-OH is 3. The van der Waals surface area contributed by atoms with Crippen LogP contribution in [0, 0.1) is 5.92 Å².